The number of rotatable bonds is 14. The van der Waals surface area contributed by atoms with E-state index in [0.717, 1.165) is 13.0 Å². The van der Waals surface area contributed by atoms with Crippen LogP contribution >= 0.6 is 8.58 Å². The van der Waals surface area contributed by atoms with E-state index >= 15 is 0 Å². The topological polar surface area (TPSA) is 56.8 Å². The standard InChI is InChI=1S/C13H28NO4P/c1-3-4-5-7-16-9-11-18-12-10-17-8-6-14-13(15)19-2/h19H,3-12H2,1-2H3,(H,14,15). The summed E-state index contributed by atoms with van der Waals surface area (Å²) in [6, 6.07) is 0. The van der Waals surface area contributed by atoms with Crippen molar-refractivity contribution < 1.29 is 19.0 Å². The van der Waals surface area contributed by atoms with Crippen molar-refractivity contribution in [3.8, 4) is 0 Å². The molecule has 0 spiro atoms. The lowest BCUT2D eigenvalue weighted by atomic mass is 10.3. The first-order valence-electron chi connectivity index (χ1n) is 7.00. The van der Waals surface area contributed by atoms with E-state index in [9.17, 15) is 4.79 Å². The van der Waals surface area contributed by atoms with Crippen LogP contribution in [-0.4, -0.2) is 58.5 Å². The maximum Gasteiger partial charge on any atom is 0.237 e. The first kappa shape index (κ1) is 18.8. The van der Waals surface area contributed by atoms with Crippen molar-refractivity contribution >= 4 is 14.2 Å². The van der Waals surface area contributed by atoms with Crippen molar-refractivity contribution in [3.63, 3.8) is 0 Å². The highest BCUT2D eigenvalue weighted by atomic mass is 31.1. The van der Waals surface area contributed by atoms with Gasteiger partial charge in [0.2, 0.25) is 5.65 Å². The van der Waals surface area contributed by atoms with E-state index < -0.39 is 0 Å². The van der Waals surface area contributed by atoms with Gasteiger partial charge in [-0.2, -0.15) is 0 Å². The Balaban J connectivity index is 2.97. The van der Waals surface area contributed by atoms with E-state index in [1.807, 2.05) is 6.66 Å². The third-order valence-corrected chi connectivity index (χ3v) is 3.03. The van der Waals surface area contributed by atoms with E-state index in [1.54, 1.807) is 0 Å². The quantitative estimate of drug-likeness (QED) is 0.394. The number of carbonyl (C=O) groups excluding carboxylic acids is 1. The van der Waals surface area contributed by atoms with Crippen LogP contribution < -0.4 is 5.32 Å². The summed E-state index contributed by atoms with van der Waals surface area (Å²) in [4.78, 5) is 10.9. The van der Waals surface area contributed by atoms with Gasteiger partial charge < -0.3 is 19.5 Å². The van der Waals surface area contributed by atoms with Crippen molar-refractivity contribution in [3.05, 3.63) is 0 Å². The molecule has 0 aromatic heterocycles. The Morgan fingerprint density at radius 1 is 0.947 bits per heavy atom. The molecule has 0 aromatic carbocycles. The molecule has 114 valence electrons. The first-order chi connectivity index (χ1) is 9.31. The minimum absolute atomic E-state index is 0.0834. The van der Waals surface area contributed by atoms with Crippen molar-refractivity contribution in [2.75, 3.05) is 52.9 Å². The lowest BCUT2D eigenvalue weighted by molar-refractivity contribution is 0.0148. The normalized spacial score (nSPS) is 11.3. The summed E-state index contributed by atoms with van der Waals surface area (Å²) in [6.07, 6.45) is 3.57. The molecule has 0 saturated carbocycles. The van der Waals surface area contributed by atoms with Gasteiger partial charge in [-0.25, -0.2) is 0 Å². The van der Waals surface area contributed by atoms with E-state index in [0.29, 0.717) is 48.2 Å². The van der Waals surface area contributed by atoms with Gasteiger partial charge in [0.15, 0.2) is 0 Å². The maximum absolute atomic E-state index is 10.9. The number of nitrogens with one attached hydrogen (secondary N) is 1. The molecule has 19 heavy (non-hydrogen) atoms. The molecule has 0 bridgehead atoms. The molecule has 0 heterocycles. The molecule has 1 unspecified atom stereocenters. The summed E-state index contributed by atoms with van der Waals surface area (Å²) in [5.41, 5.74) is 0.0834. The predicted molar refractivity (Wildman–Crippen MR) is 79.6 cm³/mol. The van der Waals surface area contributed by atoms with Crippen LogP contribution in [0.5, 0.6) is 0 Å². The van der Waals surface area contributed by atoms with Crippen LogP contribution in [0.1, 0.15) is 26.2 Å². The Bertz CT molecular complexity index is 205. The Morgan fingerprint density at radius 2 is 1.53 bits per heavy atom. The molecule has 6 heteroatoms. The van der Waals surface area contributed by atoms with Gasteiger partial charge in [0.05, 0.1) is 33.0 Å². The van der Waals surface area contributed by atoms with Gasteiger partial charge in [-0.1, -0.05) is 19.8 Å². The van der Waals surface area contributed by atoms with Crippen molar-refractivity contribution in [2.45, 2.75) is 26.2 Å². The molecular weight excluding hydrogens is 265 g/mol. The van der Waals surface area contributed by atoms with Gasteiger partial charge in [0, 0.05) is 13.2 Å². The van der Waals surface area contributed by atoms with Crippen LogP contribution in [0.15, 0.2) is 0 Å². The van der Waals surface area contributed by atoms with Gasteiger partial charge >= 0.3 is 0 Å². The molecule has 5 nitrogen and oxygen atoms in total. The smallest absolute Gasteiger partial charge is 0.237 e. The summed E-state index contributed by atoms with van der Waals surface area (Å²) >= 11 is 0. The Hall–Kier alpha value is -0.220. The van der Waals surface area contributed by atoms with Crippen LogP contribution in [0.4, 0.5) is 4.79 Å². The molecule has 0 aromatic rings. The minimum atomic E-state index is 0.0834. The molecule has 0 aliphatic heterocycles. The Labute approximate surface area is 118 Å². The highest BCUT2D eigenvalue weighted by Crippen LogP contribution is 2.00. The molecule has 0 fully saturated rings. The summed E-state index contributed by atoms with van der Waals surface area (Å²) in [5.74, 6) is 0. The zero-order chi connectivity index (χ0) is 14.2. The first-order valence-corrected chi connectivity index (χ1v) is 8.50. The Morgan fingerprint density at radius 3 is 2.11 bits per heavy atom. The summed E-state index contributed by atoms with van der Waals surface area (Å²) in [5, 5.41) is 2.76. The number of carbonyl (C=O) groups is 1. The van der Waals surface area contributed by atoms with E-state index in [2.05, 4.69) is 12.2 Å². The fourth-order valence-corrected chi connectivity index (χ4v) is 1.62. The maximum atomic E-state index is 10.9. The number of hydrogen-bond acceptors (Lipinski definition) is 4. The fraction of sp³-hybridized carbons (Fsp3) is 0.923. The van der Waals surface area contributed by atoms with Crippen LogP contribution in [0.25, 0.3) is 0 Å². The third-order valence-electron chi connectivity index (χ3n) is 2.40. The lowest BCUT2D eigenvalue weighted by Gasteiger charge is -2.07. The summed E-state index contributed by atoms with van der Waals surface area (Å²) in [6.45, 7) is 8.35. The number of unbranched alkanes of at least 4 members (excludes halogenated alkanes) is 2. The van der Waals surface area contributed by atoms with Gasteiger partial charge in [-0.3, -0.25) is 4.79 Å². The SMILES string of the molecule is CCCCCOCCOCCOCCNC(=O)PC. The monoisotopic (exact) mass is 293 g/mol. The van der Waals surface area contributed by atoms with Crippen molar-refractivity contribution in [1.29, 1.82) is 0 Å². The highest BCUT2D eigenvalue weighted by Gasteiger charge is 1.95. The van der Waals surface area contributed by atoms with Crippen molar-refractivity contribution in [1.82, 2.24) is 5.32 Å². The summed E-state index contributed by atoms with van der Waals surface area (Å²) in [7, 11) is 0.299. The van der Waals surface area contributed by atoms with Gasteiger partial charge in [-0.05, 0) is 21.7 Å². The number of hydrogen-bond donors (Lipinski definition) is 1. The molecule has 0 aliphatic rings. The zero-order valence-corrected chi connectivity index (χ0v) is 13.2. The van der Waals surface area contributed by atoms with Crippen LogP contribution in [-0.2, 0) is 14.2 Å². The van der Waals surface area contributed by atoms with Crippen LogP contribution in [0.2, 0.25) is 0 Å². The number of amides is 1. The molecular formula is C13H28NO4P. The van der Waals surface area contributed by atoms with E-state index in [1.165, 1.54) is 12.8 Å². The molecule has 0 rings (SSSR count). The zero-order valence-electron chi connectivity index (χ0n) is 12.2. The average Bonchev–Trinajstić information content (AvgIpc) is 2.43. The highest BCUT2D eigenvalue weighted by molar-refractivity contribution is 7.56. The lowest BCUT2D eigenvalue weighted by Crippen LogP contribution is -2.23. The second-order valence-electron chi connectivity index (χ2n) is 4.05. The summed E-state index contributed by atoms with van der Waals surface area (Å²) < 4.78 is 16.1. The van der Waals surface area contributed by atoms with E-state index in [4.69, 9.17) is 14.2 Å². The van der Waals surface area contributed by atoms with Crippen LogP contribution in [0.3, 0.4) is 0 Å². The van der Waals surface area contributed by atoms with Crippen molar-refractivity contribution in [2.24, 2.45) is 0 Å². The Kier molecular flexibility index (Phi) is 15.7. The third kappa shape index (κ3) is 15.7. The molecule has 1 amide bonds. The van der Waals surface area contributed by atoms with Gasteiger partial charge in [0.25, 0.3) is 0 Å². The molecule has 0 aliphatic carbocycles. The molecule has 0 radical (unpaired) electrons. The minimum Gasteiger partial charge on any atom is -0.379 e. The van der Waals surface area contributed by atoms with Crippen LogP contribution in [0, 0.1) is 0 Å². The molecule has 1 N–H and O–H groups in total. The molecule has 0 saturated heterocycles. The number of ether oxygens (including phenoxy) is 3. The average molecular weight is 293 g/mol. The van der Waals surface area contributed by atoms with Gasteiger partial charge in [-0.15, -0.1) is 0 Å². The second-order valence-corrected chi connectivity index (χ2v) is 5.00. The largest absolute Gasteiger partial charge is 0.379 e. The van der Waals surface area contributed by atoms with Gasteiger partial charge in [0.1, 0.15) is 0 Å². The fourth-order valence-electron chi connectivity index (χ4n) is 1.32. The molecule has 1 atom stereocenters. The second kappa shape index (κ2) is 15.8. The van der Waals surface area contributed by atoms with E-state index in [-0.39, 0.29) is 5.65 Å². The predicted octanol–water partition coefficient (Wildman–Crippen LogP) is 2.24.